The molecule has 0 aliphatic heterocycles. The Bertz CT molecular complexity index is 1190. The van der Waals surface area contributed by atoms with Crippen molar-refractivity contribution in [3.63, 3.8) is 0 Å². The van der Waals surface area contributed by atoms with Gasteiger partial charge in [0, 0.05) is 37.5 Å². The minimum Gasteiger partial charge on any atom is -0.389 e. The number of allylic oxidation sites excluding steroid dienone is 16. The second-order valence-corrected chi connectivity index (χ2v) is 14.9. The zero-order valence-corrected chi connectivity index (χ0v) is 28.8. The summed E-state index contributed by atoms with van der Waals surface area (Å²) in [5.74, 6) is 0.0900. The van der Waals surface area contributed by atoms with E-state index in [-0.39, 0.29) is 47.1 Å². The number of aliphatic hydroxyl groups is 2. The standard InChI is InChI=1S/C40H56O4/c1-29(17-13-19-31(3)21-23-35-37(5,6)25-33(41)27-39(35,9)43)15-11-12-16-30(2)18-14-20-32(4)22-24-36-38(7,8)26-34(42)28-40(36,10)44/h11-24,35-36,43-44H,25-28H2,1-10H3/b12-11+,17-13+,18-14+,23-21+,24-22+,29-15+,30-16+,31-19+,32-20+/t35-,36-,39-,40+/m0/s1. The van der Waals surface area contributed by atoms with Crippen LogP contribution in [0.25, 0.3) is 0 Å². The number of carbonyl (C=O) groups excluding carboxylic acids is 2. The van der Waals surface area contributed by atoms with Crippen LogP contribution in [-0.4, -0.2) is 33.0 Å². The third-order valence-electron chi connectivity index (χ3n) is 8.81. The highest BCUT2D eigenvalue weighted by Gasteiger charge is 2.48. The predicted octanol–water partition coefficient (Wildman–Crippen LogP) is 9.07. The molecule has 0 aromatic heterocycles. The van der Waals surface area contributed by atoms with E-state index in [1.165, 1.54) is 0 Å². The minimum absolute atomic E-state index is 0.0818. The molecular formula is C40H56O4. The van der Waals surface area contributed by atoms with E-state index in [2.05, 4.69) is 78.0 Å². The maximum atomic E-state index is 12.0. The van der Waals surface area contributed by atoms with E-state index in [0.717, 1.165) is 22.3 Å². The normalized spacial score (nSPS) is 31.1. The van der Waals surface area contributed by atoms with Crippen molar-refractivity contribution >= 4 is 11.6 Å². The lowest BCUT2D eigenvalue weighted by Crippen LogP contribution is -2.49. The molecule has 0 aromatic carbocycles. The molecule has 4 atom stereocenters. The predicted molar refractivity (Wildman–Crippen MR) is 185 cm³/mol. The Hall–Kier alpha value is -3.08. The molecule has 2 N–H and O–H groups in total. The summed E-state index contributed by atoms with van der Waals surface area (Å²) in [4.78, 5) is 24.1. The summed E-state index contributed by atoms with van der Waals surface area (Å²) in [5.41, 5.74) is 1.83. The van der Waals surface area contributed by atoms with Gasteiger partial charge in [-0.1, -0.05) is 135 Å². The molecule has 0 saturated heterocycles. The molecule has 2 saturated carbocycles. The molecule has 2 rings (SSSR count). The molecule has 0 amide bonds. The lowest BCUT2D eigenvalue weighted by molar-refractivity contribution is -0.140. The monoisotopic (exact) mass is 600 g/mol. The summed E-state index contributed by atoms with van der Waals surface area (Å²) in [7, 11) is 0. The van der Waals surface area contributed by atoms with Crippen LogP contribution in [0.15, 0.2) is 107 Å². The highest BCUT2D eigenvalue weighted by Crippen LogP contribution is 2.46. The van der Waals surface area contributed by atoms with Gasteiger partial charge < -0.3 is 10.2 Å². The first-order valence-electron chi connectivity index (χ1n) is 15.8. The summed E-state index contributed by atoms with van der Waals surface area (Å²) in [5, 5.41) is 21.7. The van der Waals surface area contributed by atoms with E-state index in [9.17, 15) is 19.8 Å². The second-order valence-electron chi connectivity index (χ2n) is 14.9. The van der Waals surface area contributed by atoms with E-state index >= 15 is 0 Å². The molecular weight excluding hydrogens is 544 g/mol. The maximum Gasteiger partial charge on any atom is 0.136 e. The molecule has 2 fully saturated rings. The third-order valence-corrected chi connectivity index (χ3v) is 8.81. The van der Waals surface area contributed by atoms with Crippen LogP contribution in [0.5, 0.6) is 0 Å². The van der Waals surface area contributed by atoms with Crippen molar-refractivity contribution < 1.29 is 19.8 Å². The van der Waals surface area contributed by atoms with Crippen molar-refractivity contribution in [3.05, 3.63) is 107 Å². The van der Waals surface area contributed by atoms with Crippen molar-refractivity contribution in [2.24, 2.45) is 22.7 Å². The van der Waals surface area contributed by atoms with Crippen molar-refractivity contribution in [3.8, 4) is 0 Å². The maximum absolute atomic E-state index is 12.0. The molecule has 0 aromatic rings. The van der Waals surface area contributed by atoms with Gasteiger partial charge in [-0.15, -0.1) is 0 Å². The first-order chi connectivity index (χ1) is 20.2. The van der Waals surface area contributed by atoms with Crippen molar-refractivity contribution in [2.75, 3.05) is 0 Å². The van der Waals surface area contributed by atoms with Gasteiger partial charge in [-0.3, -0.25) is 9.59 Å². The molecule has 0 unspecified atom stereocenters. The van der Waals surface area contributed by atoms with Gasteiger partial charge in [0.1, 0.15) is 11.6 Å². The molecule has 44 heavy (non-hydrogen) atoms. The van der Waals surface area contributed by atoms with Gasteiger partial charge in [0.15, 0.2) is 0 Å². The lowest BCUT2D eigenvalue weighted by Gasteiger charge is -2.45. The first kappa shape index (κ1) is 37.1. The third kappa shape index (κ3) is 11.4. The van der Waals surface area contributed by atoms with Gasteiger partial charge in [-0.05, 0) is 52.4 Å². The van der Waals surface area contributed by atoms with E-state index in [4.69, 9.17) is 0 Å². The Morgan fingerprint density at radius 3 is 1.14 bits per heavy atom. The molecule has 0 bridgehead atoms. The van der Waals surface area contributed by atoms with Gasteiger partial charge >= 0.3 is 0 Å². The zero-order chi connectivity index (χ0) is 33.3. The molecule has 0 radical (unpaired) electrons. The van der Waals surface area contributed by atoms with Crippen LogP contribution in [0.3, 0.4) is 0 Å². The Balaban J connectivity index is 1.92. The minimum atomic E-state index is -1.02. The van der Waals surface area contributed by atoms with Crippen LogP contribution < -0.4 is 0 Å². The number of hydrogen-bond acceptors (Lipinski definition) is 4. The van der Waals surface area contributed by atoms with Gasteiger partial charge in [0.2, 0.25) is 0 Å². The number of hydrogen-bond donors (Lipinski definition) is 2. The van der Waals surface area contributed by atoms with E-state index in [1.54, 1.807) is 13.8 Å². The zero-order valence-electron chi connectivity index (χ0n) is 28.8. The summed E-state index contributed by atoms with van der Waals surface area (Å²) in [6.45, 7) is 19.9. The van der Waals surface area contributed by atoms with Gasteiger partial charge in [0.05, 0.1) is 11.2 Å². The molecule has 4 nitrogen and oxygen atoms in total. The topological polar surface area (TPSA) is 74.6 Å². The van der Waals surface area contributed by atoms with Crippen LogP contribution in [-0.2, 0) is 9.59 Å². The Morgan fingerprint density at radius 2 is 0.818 bits per heavy atom. The van der Waals surface area contributed by atoms with E-state index in [1.807, 2.05) is 62.5 Å². The SMILES string of the molecule is CC(/C=C/C=C(C)/C=C/[C@H]1C(C)(C)CC(=O)C[C@]1(C)O)=C\C=C\C=C(C)\C=C\C=C(C)\C=C\[C@H]1C(C)(C)CC(=O)C[C@@]1(C)O. The smallest absolute Gasteiger partial charge is 0.136 e. The number of ketones is 2. The Labute approximate surface area is 267 Å². The number of rotatable bonds is 10. The van der Waals surface area contributed by atoms with Crippen LogP contribution in [0, 0.1) is 22.7 Å². The summed E-state index contributed by atoms with van der Waals surface area (Å²) >= 11 is 0. The number of Topliss-reactive ketones (excluding diaryl/α,β-unsaturated/α-hetero) is 2. The molecule has 2 aliphatic rings. The lowest BCUT2D eigenvalue weighted by atomic mass is 9.61. The molecule has 0 spiro atoms. The average Bonchev–Trinajstić information content (AvgIpc) is 2.83. The number of carbonyl (C=O) groups is 2. The Morgan fingerprint density at radius 1 is 0.523 bits per heavy atom. The molecule has 4 heteroatoms. The fourth-order valence-corrected chi connectivity index (χ4v) is 6.83. The van der Waals surface area contributed by atoms with Gasteiger partial charge in [-0.25, -0.2) is 0 Å². The van der Waals surface area contributed by atoms with E-state index in [0.29, 0.717) is 12.8 Å². The fraction of sp³-hybridized carbons (Fsp3) is 0.500. The van der Waals surface area contributed by atoms with Crippen molar-refractivity contribution in [1.82, 2.24) is 0 Å². The quantitative estimate of drug-likeness (QED) is 0.245. The fourth-order valence-electron chi connectivity index (χ4n) is 6.83. The van der Waals surface area contributed by atoms with E-state index < -0.39 is 11.2 Å². The highest BCUT2D eigenvalue weighted by molar-refractivity contribution is 5.82. The molecule has 0 heterocycles. The summed E-state index contributed by atoms with van der Waals surface area (Å²) < 4.78 is 0. The summed E-state index contributed by atoms with van der Waals surface area (Å²) in [6, 6.07) is 0. The molecule has 2 aliphatic carbocycles. The van der Waals surface area contributed by atoms with Crippen LogP contribution in [0.4, 0.5) is 0 Å². The Kier molecular flexibility index (Phi) is 12.9. The highest BCUT2D eigenvalue weighted by atomic mass is 16.3. The van der Waals surface area contributed by atoms with Crippen molar-refractivity contribution in [1.29, 1.82) is 0 Å². The van der Waals surface area contributed by atoms with Crippen LogP contribution in [0.1, 0.15) is 94.9 Å². The first-order valence-corrected chi connectivity index (χ1v) is 15.8. The van der Waals surface area contributed by atoms with Gasteiger partial charge in [-0.2, -0.15) is 0 Å². The van der Waals surface area contributed by atoms with Crippen LogP contribution in [0.2, 0.25) is 0 Å². The summed E-state index contributed by atoms with van der Waals surface area (Å²) in [6.07, 6.45) is 30.0. The van der Waals surface area contributed by atoms with Crippen LogP contribution >= 0.6 is 0 Å². The second kappa shape index (κ2) is 15.3. The average molecular weight is 601 g/mol. The van der Waals surface area contributed by atoms with Gasteiger partial charge in [0.25, 0.3) is 0 Å². The molecule has 240 valence electrons. The van der Waals surface area contributed by atoms with Crippen molar-refractivity contribution in [2.45, 2.75) is 106 Å². The largest absolute Gasteiger partial charge is 0.389 e.